The van der Waals surface area contributed by atoms with Crippen molar-refractivity contribution in [1.82, 2.24) is 41.9 Å². The molecular weight excluding hydrogens is 833 g/mol. The number of likely N-dealkylation sites (N-methyl/N-ethyl adjacent to an activating group) is 1. The third kappa shape index (κ3) is 19.7. The maximum absolute atomic E-state index is 13.1. The molecule has 66 heavy (non-hydrogen) atoms. The maximum atomic E-state index is 13.1. The van der Waals surface area contributed by atoms with Gasteiger partial charge in [0.25, 0.3) is 0 Å². The fourth-order valence-electron chi connectivity index (χ4n) is 8.64. The number of carbonyl (C=O) groups excluding carboxylic acids is 5. The predicted octanol–water partition coefficient (Wildman–Crippen LogP) is 5.67. The highest BCUT2D eigenvalue weighted by Gasteiger charge is 2.20. The highest BCUT2D eigenvalue weighted by molar-refractivity contribution is 5.84. The molecule has 0 radical (unpaired) electrons. The van der Waals surface area contributed by atoms with Gasteiger partial charge in [0, 0.05) is 103 Å². The van der Waals surface area contributed by atoms with Gasteiger partial charge >= 0.3 is 0 Å². The average Bonchev–Trinajstić information content (AvgIpc) is 3.90. The smallest absolute Gasteiger partial charge is 0.220 e. The van der Waals surface area contributed by atoms with Crippen molar-refractivity contribution in [3.05, 3.63) is 72.1 Å². The predicted molar refractivity (Wildman–Crippen MR) is 266 cm³/mol. The summed E-state index contributed by atoms with van der Waals surface area (Å²) in [7, 11) is 1.92. The van der Waals surface area contributed by atoms with E-state index in [1.54, 1.807) is 0 Å². The molecular formula is C51H80N10O5. The molecule has 2 aromatic heterocycles. The van der Waals surface area contributed by atoms with Crippen LogP contribution in [0.2, 0.25) is 0 Å². The van der Waals surface area contributed by atoms with E-state index in [0.717, 1.165) is 60.5 Å². The van der Waals surface area contributed by atoms with E-state index in [-0.39, 0.29) is 85.0 Å². The van der Waals surface area contributed by atoms with Gasteiger partial charge in [0.2, 0.25) is 29.5 Å². The molecule has 12 N–H and O–H groups in total. The van der Waals surface area contributed by atoms with Crippen LogP contribution in [0.3, 0.4) is 0 Å². The van der Waals surface area contributed by atoms with Crippen LogP contribution in [0.1, 0.15) is 135 Å². The van der Waals surface area contributed by atoms with E-state index in [1.165, 1.54) is 10.9 Å². The molecule has 0 fully saturated rings. The van der Waals surface area contributed by atoms with Gasteiger partial charge in [0.05, 0.1) is 0 Å². The maximum Gasteiger partial charge on any atom is 0.220 e. The number of nitrogens with two attached hydrogens (primary N) is 2. The van der Waals surface area contributed by atoms with E-state index in [9.17, 15) is 24.0 Å². The molecule has 0 saturated carbocycles. The van der Waals surface area contributed by atoms with E-state index in [2.05, 4.69) is 60.1 Å². The molecule has 0 saturated heterocycles. The van der Waals surface area contributed by atoms with Gasteiger partial charge in [0.1, 0.15) is 0 Å². The molecule has 2 heterocycles. The summed E-state index contributed by atoms with van der Waals surface area (Å²) in [6.07, 6.45) is 14.4. The lowest BCUT2D eigenvalue weighted by molar-refractivity contribution is -0.125. The highest BCUT2D eigenvalue weighted by Crippen LogP contribution is 2.21. The first-order chi connectivity index (χ1) is 31.9. The van der Waals surface area contributed by atoms with Crippen molar-refractivity contribution in [3.63, 3.8) is 0 Å². The molecule has 0 unspecified atom stereocenters. The van der Waals surface area contributed by atoms with Crippen molar-refractivity contribution in [2.24, 2.45) is 11.5 Å². The average molecular weight is 913 g/mol. The number of para-hydroxylation sites is 2. The molecule has 5 amide bonds. The van der Waals surface area contributed by atoms with E-state index >= 15 is 0 Å². The number of H-pyrrole nitrogens is 2. The largest absolute Gasteiger partial charge is 0.361 e. The molecule has 0 aliphatic rings. The number of unbranched alkanes of at least 4 members (excludes halogenated alkanes) is 2. The number of nitrogens with one attached hydrogen (secondary N) is 8. The number of hydrogen-bond acceptors (Lipinski definition) is 8. The fourth-order valence-corrected chi connectivity index (χ4v) is 8.64. The molecule has 0 aliphatic heterocycles. The van der Waals surface area contributed by atoms with Crippen molar-refractivity contribution in [3.8, 4) is 0 Å². The van der Waals surface area contributed by atoms with Crippen LogP contribution in [-0.2, 0) is 36.8 Å². The lowest BCUT2D eigenvalue weighted by atomic mass is 10.0. The van der Waals surface area contributed by atoms with Crippen LogP contribution in [0.25, 0.3) is 21.8 Å². The van der Waals surface area contributed by atoms with Gasteiger partial charge in [-0.3, -0.25) is 24.0 Å². The van der Waals surface area contributed by atoms with Crippen molar-refractivity contribution in [2.45, 2.75) is 173 Å². The Kier molecular flexibility index (Phi) is 23.8. The van der Waals surface area contributed by atoms with Crippen LogP contribution in [0.5, 0.6) is 0 Å². The number of aromatic nitrogens is 2. The first kappa shape index (κ1) is 53.4. The van der Waals surface area contributed by atoms with Crippen molar-refractivity contribution >= 4 is 51.3 Å². The Hall–Kier alpha value is -5.25. The molecule has 2 aromatic carbocycles. The Labute approximate surface area is 392 Å². The van der Waals surface area contributed by atoms with Crippen LogP contribution >= 0.6 is 0 Å². The Morgan fingerprint density at radius 3 is 1.29 bits per heavy atom. The first-order valence-corrected chi connectivity index (χ1v) is 24.5. The first-order valence-electron chi connectivity index (χ1n) is 24.5. The summed E-state index contributed by atoms with van der Waals surface area (Å²) < 4.78 is 0. The lowest BCUT2D eigenvalue weighted by Crippen LogP contribution is -2.40. The normalized spacial score (nSPS) is 14.2. The number of hydrogen-bond donors (Lipinski definition) is 10. The second-order valence-electron chi connectivity index (χ2n) is 18.3. The molecule has 15 heteroatoms. The van der Waals surface area contributed by atoms with Crippen LogP contribution in [0, 0.1) is 0 Å². The Balaban J connectivity index is 1.12. The number of aromatic amines is 2. The molecule has 4 aromatic rings. The van der Waals surface area contributed by atoms with Crippen molar-refractivity contribution in [1.29, 1.82) is 0 Å². The number of carbonyl (C=O) groups is 5. The van der Waals surface area contributed by atoms with Gasteiger partial charge in [-0.2, -0.15) is 0 Å². The molecule has 364 valence electrons. The summed E-state index contributed by atoms with van der Waals surface area (Å²) >= 11 is 0. The molecule has 6 atom stereocenters. The second-order valence-corrected chi connectivity index (χ2v) is 18.3. The summed E-state index contributed by atoms with van der Waals surface area (Å²) in [6.45, 7) is 6.93. The van der Waals surface area contributed by atoms with E-state index in [1.807, 2.05) is 70.5 Å². The number of fused-ring (bicyclic) bond motifs is 2. The standard InChI is InChI=1S/C51H80N10O5/c1-35(19-24-51(66)61-41(14-10-12-30-53)22-27-49(64)59-37(3)31-38-33-55-45-17-7-5-15-43(38)45)57-47(62)26-21-40(13-9-11-29-52)60-50(65)25-20-36(2)58-48(63)28-23-42(54-4)32-39-34-56-46-18-8-6-16-44(39)46/h5-8,15-18,33-37,40-42,54-56H,9-14,19-32,52-53H2,1-4H3,(H,57,62)(H,58,63)(H,59,64)(H,60,65)(H,61,66)/t35-,36-,37+,40-,41-,42+/m0/s1. The van der Waals surface area contributed by atoms with E-state index < -0.39 is 0 Å². The molecule has 4 rings (SSSR count). The van der Waals surface area contributed by atoms with Gasteiger partial charge in [-0.25, -0.2) is 0 Å². The topological polar surface area (TPSA) is 241 Å². The lowest BCUT2D eigenvalue weighted by Gasteiger charge is -2.21. The minimum atomic E-state index is -0.228. The number of benzene rings is 2. The van der Waals surface area contributed by atoms with Gasteiger partial charge in [0.15, 0.2) is 0 Å². The van der Waals surface area contributed by atoms with Gasteiger partial charge in [-0.15, -0.1) is 0 Å². The van der Waals surface area contributed by atoms with Crippen LogP contribution in [-0.4, -0.2) is 95.9 Å². The summed E-state index contributed by atoms with van der Waals surface area (Å²) in [5.74, 6) is -0.440. The summed E-state index contributed by atoms with van der Waals surface area (Å²) in [5.41, 5.74) is 16.0. The van der Waals surface area contributed by atoms with Crippen LogP contribution in [0.15, 0.2) is 60.9 Å². The minimum Gasteiger partial charge on any atom is -0.361 e. The van der Waals surface area contributed by atoms with Crippen LogP contribution < -0.4 is 43.4 Å². The van der Waals surface area contributed by atoms with Crippen LogP contribution in [0.4, 0.5) is 0 Å². The second kappa shape index (κ2) is 29.4. The number of amides is 5. The third-order valence-corrected chi connectivity index (χ3v) is 12.5. The zero-order chi connectivity index (χ0) is 47.7. The SMILES string of the molecule is CN[C@H](CCC(=O)N[C@@H](C)CCC(=O)N[C@@H](CCCCN)CCC(=O)N[C@@H](C)CCC(=O)N[C@@H](CCCCN)CCC(=O)N[C@H](C)Cc1c[nH]c2ccccc12)Cc1c[nH]c2ccccc12. The van der Waals surface area contributed by atoms with E-state index in [4.69, 9.17) is 11.5 Å². The van der Waals surface area contributed by atoms with E-state index in [0.29, 0.717) is 70.9 Å². The Bertz CT molecular complexity index is 2080. The Morgan fingerprint density at radius 2 is 0.848 bits per heavy atom. The Morgan fingerprint density at radius 1 is 0.470 bits per heavy atom. The van der Waals surface area contributed by atoms with Gasteiger partial charge < -0.3 is 53.3 Å². The third-order valence-electron chi connectivity index (χ3n) is 12.5. The molecule has 15 nitrogen and oxygen atoms in total. The van der Waals surface area contributed by atoms with Crippen molar-refractivity contribution < 1.29 is 24.0 Å². The molecule has 0 aliphatic carbocycles. The van der Waals surface area contributed by atoms with Crippen molar-refractivity contribution in [2.75, 3.05) is 20.1 Å². The van der Waals surface area contributed by atoms with Gasteiger partial charge in [-0.05, 0) is 135 Å². The fraction of sp³-hybridized carbons (Fsp3) is 0.588. The number of rotatable bonds is 33. The summed E-state index contributed by atoms with van der Waals surface area (Å²) in [5, 5.41) is 21.1. The summed E-state index contributed by atoms with van der Waals surface area (Å²) in [6, 6.07) is 15.7. The molecule has 0 spiro atoms. The van der Waals surface area contributed by atoms with Gasteiger partial charge in [-0.1, -0.05) is 49.2 Å². The highest BCUT2D eigenvalue weighted by atomic mass is 16.2. The summed E-state index contributed by atoms with van der Waals surface area (Å²) in [4.78, 5) is 71.6. The monoisotopic (exact) mass is 913 g/mol. The zero-order valence-corrected chi connectivity index (χ0v) is 40.1. The quantitative estimate of drug-likeness (QED) is 0.0267. The molecule has 0 bridgehead atoms. The minimum absolute atomic E-state index is 0.0366. The zero-order valence-electron chi connectivity index (χ0n) is 40.1.